The highest BCUT2D eigenvalue weighted by Crippen LogP contribution is 2.26. The van der Waals surface area contributed by atoms with E-state index < -0.39 is 5.97 Å². The lowest BCUT2D eigenvalue weighted by molar-refractivity contribution is -0.143. The number of hydrogen-bond donors (Lipinski definition) is 2. The summed E-state index contributed by atoms with van der Waals surface area (Å²) in [4.78, 5) is 11.1. The number of carboxylic acids is 1. The number of rotatable bonds is 4. The van der Waals surface area contributed by atoms with Gasteiger partial charge in [0.15, 0.2) is 0 Å². The Bertz CT molecular complexity index is 432. The summed E-state index contributed by atoms with van der Waals surface area (Å²) < 4.78 is 0. The van der Waals surface area contributed by atoms with Crippen molar-refractivity contribution in [2.45, 2.75) is 44.7 Å². The van der Waals surface area contributed by atoms with E-state index >= 15 is 0 Å². The van der Waals surface area contributed by atoms with Crippen LogP contribution in [0.15, 0.2) is 24.3 Å². The van der Waals surface area contributed by atoms with Gasteiger partial charge >= 0.3 is 5.97 Å². The van der Waals surface area contributed by atoms with E-state index in [0.29, 0.717) is 6.04 Å². The van der Waals surface area contributed by atoms with Crippen molar-refractivity contribution < 1.29 is 9.90 Å². The summed E-state index contributed by atoms with van der Waals surface area (Å²) in [6.45, 7) is 2.10. The lowest BCUT2D eigenvalue weighted by Gasteiger charge is -2.30. The standard InChI is InChI=1S/C15H20ClNO2/c1-10(11-5-7-13(16)8-6-11)17-14-4-2-3-12(9-14)15(18)19/h5-8,10,12,14,17H,2-4,9H2,1H3,(H,18,19)/t10-,12?,14?/m0/s1. The van der Waals surface area contributed by atoms with Crippen LogP contribution < -0.4 is 5.32 Å². The third-order valence-corrected chi connectivity index (χ3v) is 4.13. The minimum Gasteiger partial charge on any atom is -0.481 e. The molecule has 1 fully saturated rings. The molecule has 0 aliphatic heterocycles. The number of aliphatic carboxylic acids is 1. The van der Waals surface area contributed by atoms with E-state index in [-0.39, 0.29) is 12.0 Å². The predicted octanol–water partition coefficient (Wildman–Crippen LogP) is 3.63. The van der Waals surface area contributed by atoms with Crippen LogP contribution in [0.2, 0.25) is 5.02 Å². The SMILES string of the molecule is C[C@H](NC1CCCC(C(=O)O)C1)c1ccc(Cl)cc1. The maximum atomic E-state index is 11.1. The first kappa shape index (κ1) is 14.4. The van der Waals surface area contributed by atoms with Gasteiger partial charge in [-0.05, 0) is 43.9 Å². The predicted molar refractivity (Wildman–Crippen MR) is 76.4 cm³/mol. The Morgan fingerprint density at radius 3 is 2.68 bits per heavy atom. The van der Waals surface area contributed by atoms with Gasteiger partial charge in [-0.15, -0.1) is 0 Å². The number of hydrogen-bond acceptors (Lipinski definition) is 2. The molecule has 2 rings (SSSR count). The molecule has 0 amide bonds. The first-order valence-corrected chi connectivity index (χ1v) is 7.18. The molecule has 19 heavy (non-hydrogen) atoms. The average Bonchev–Trinajstić information content (AvgIpc) is 2.39. The van der Waals surface area contributed by atoms with E-state index in [9.17, 15) is 4.79 Å². The zero-order valence-electron chi connectivity index (χ0n) is 11.1. The van der Waals surface area contributed by atoms with Gasteiger partial charge in [0, 0.05) is 17.1 Å². The monoisotopic (exact) mass is 281 g/mol. The van der Waals surface area contributed by atoms with Crippen molar-refractivity contribution in [3.8, 4) is 0 Å². The second kappa shape index (κ2) is 6.40. The van der Waals surface area contributed by atoms with Crippen LogP contribution in [0.5, 0.6) is 0 Å². The molecule has 104 valence electrons. The van der Waals surface area contributed by atoms with Gasteiger partial charge in [0.2, 0.25) is 0 Å². The molecular formula is C15H20ClNO2. The van der Waals surface area contributed by atoms with Crippen LogP contribution in [0.4, 0.5) is 0 Å². The van der Waals surface area contributed by atoms with Gasteiger partial charge in [-0.2, -0.15) is 0 Å². The van der Waals surface area contributed by atoms with Crippen LogP contribution in [0.25, 0.3) is 0 Å². The van der Waals surface area contributed by atoms with Crippen molar-refractivity contribution in [1.82, 2.24) is 5.32 Å². The first-order chi connectivity index (χ1) is 9.06. The van der Waals surface area contributed by atoms with E-state index in [1.165, 1.54) is 5.56 Å². The molecule has 3 atom stereocenters. The van der Waals surface area contributed by atoms with E-state index in [4.69, 9.17) is 16.7 Å². The summed E-state index contributed by atoms with van der Waals surface area (Å²) in [5.41, 5.74) is 1.18. The Kier molecular flexibility index (Phi) is 4.83. The molecule has 0 bridgehead atoms. The Morgan fingerprint density at radius 1 is 1.37 bits per heavy atom. The summed E-state index contributed by atoms with van der Waals surface area (Å²) in [5, 5.41) is 13.4. The average molecular weight is 282 g/mol. The van der Waals surface area contributed by atoms with Gasteiger partial charge < -0.3 is 10.4 Å². The van der Waals surface area contributed by atoms with Crippen molar-refractivity contribution in [3.63, 3.8) is 0 Å². The number of carbonyl (C=O) groups is 1. The zero-order valence-corrected chi connectivity index (χ0v) is 11.9. The molecule has 2 N–H and O–H groups in total. The minimum absolute atomic E-state index is 0.191. The van der Waals surface area contributed by atoms with Gasteiger partial charge in [-0.3, -0.25) is 4.79 Å². The molecule has 1 saturated carbocycles. The van der Waals surface area contributed by atoms with Crippen LogP contribution in [-0.4, -0.2) is 17.1 Å². The van der Waals surface area contributed by atoms with Gasteiger partial charge in [0.25, 0.3) is 0 Å². The topological polar surface area (TPSA) is 49.3 Å². The summed E-state index contributed by atoms with van der Waals surface area (Å²) in [5.74, 6) is -0.852. The normalized spacial score (nSPS) is 24.9. The molecule has 1 aliphatic carbocycles. The molecule has 4 heteroatoms. The second-order valence-electron chi connectivity index (χ2n) is 5.34. The number of halogens is 1. The third-order valence-electron chi connectivity index (χ3n) is 3.88. The van der Waals surface area contributed by atoms with E-state index in [0.717, 1.165) is 30.7 Å². The van der Waals surface area contributed by atoms with Crippen LogP contribution in [0.1, 0.15) is 44.2 Å². The van der Waals surface area contributed by atoms with E-state index in [1.807, 2.05) is 24.3 Å². The highest BCUT2D eigenvalue weighted by Gasteiger charge is 2.27. The van der Waals surface area contributed by atoms with Crippen molar-refractivity contribution in [2.75, 3.05) is 0 Å². The van der Waals surface area contributed by atoms with Crippen molar-refractivity contribution in [2.24, 2.45) is 5.92 Å². The van der Waals surface area contributed by atoms with Gasteiger partial charge in [-0.1, -0.05) is 30.2 Å². The molecule has 3 nitrogen and oxygen atoms in total. The Balaban J connectivity index is 1.93. The van der Waals surface area contributed by atoms with E-state index in [1.54, 1.807) is 0 Å². The molecule has 0 saturated heterocycles. The maximum Gasteiger partial charge on any atom is 0.306 e. The second-order valence-corrected chi connectivity index (χ2v) is 5.78. The molecular weight excluding hydrogens is 262 g/mol. The Hall–Kier alpha value is -1.06. The largest absolute Gasteiger partial charge is 0.481 e. The fourth-order valence-electron chi connectivity index (χ4n) is 2.77. The fraction of sp³-hybridized carbons (Fsp3) is 0.533. The fourth-order valence-corrected chi connectivity index (χ4v) is 2.89. The molecule has 0 heterocycles. The third kappa shape index (κ3) is 3.95. The number of carboxylic acid groups (broad SMARTS) is 1. The quantitative estimate of drug-likeness (QED) is 0.886. The maximum absolute atomic E-state index is 11.1. The minimum atomic E-state index is -0.661. The number of nitrogens with one attached hydrogen (secondary N) is 1. The highest BCUT2D eigenvalue weighted by atomic mass is 35.5. The smallest absolute Gasteiger partial charge is 0.306 e. The molecule has 2 unspecified atom stereocenters. The van der Waals surface area contributed by atoms with Crippen molar-refractivity contribution in [3.05, 3.63) is 34.9 Å². The zero-order chi connectivity index (χ0) is 13.8. The molecule has 0 aromatic heterocycles. The lowest BCUT2D eigenvalue weighted by Crippen LogP contribution is -2.37. The van der Waals surface area contributed by atoms with Crippen molar-refractivity contribution >= 4 is 17.6 Å². The van der Waals surface area contributed by atoms with Crippen LogP contribution in [-0.2, 0) is 4.79 Å². The summed E-state index contributed by atoms with van der Waals surface area (Å²) >= 11 is 5.88. The molecule has 1 aromatic carbocycles. The number of benzene rings is 1. The van der Waals surface area contributed by atoms with Crippen LogP contribution >= 0.6 is 11.6 Å². The van der Waals surface area contributed by atoms with Crippen LogP contribution in [0.3, 0.4) is 0 Å². The molecule has 0 radical (unpaired) electrons. The Morgan fingerprint density at radius 2 is 2.05 bits per heavy atom. The Labute approximate surface area is 119 Å². The molecule has 1 aliphatic rings. The van der Waals surface area contributed by atoms with Gasteiger partial charge in [0.05, 0.1) is 5.92 Å². The summed E-state index contributed by atoms with van der Waals surface area (Å²) in [7, 11) is 0. The summed E-state index contributed by atoms with van der Waals surface area (Å²) in [6, 6.07) is 8.30. The highest BCUT2D eigenvalue weighted by molar-refractivity contribution is 6.30. The lowest BCUT2D eigenvalue weighted by atomic mass is 9.85. The summed E-state index contributed by atoms with van der Waals surface area (Å²) in [6.07, 6.45) is 3.58. The molecule has 1 aromatic rings. The van der Waals surface area contributed by atoms with Gasteiger partial charge in [-0.25, -0.2) is 0 Å². The molecule has 0 spiro atoms. The first-order valence-electron chi connectivity index (χ1n) is 6.80. The van der Waals surface area contributed by atoms with Crippen molar-refractivity contribution in [1.29, 1.82) is 0 Å². The van der Waals surface area contributed by atoms with Gasteiger partial charge in [0.1, 0.15) is 0 Å². The van der Waals surface area contributed by atoms with Crippen LogP contribution in [0, 0.1) is 5.92 Å². The van der Waals surface area contributed by atoms with E-state index in [2.05, 4.69) is 12.2 Å².